The molecule has 0 fully saturated rings. The summed E-state index contributed by atoms with van der Waals surface area (Å²) in [5.41, 5.74) is 0. The van der Waals surface area contributed by atoms with Crippen molar-refractivity contribution in [3.8, 4) is 0 Å². The normalized spacial score (nSPS) is 9.67. The molecular weight excluding hydrogens is 230 g/mol. The third-order valence-electron chi connectivity index (χ3n) is 2.29. The second kappa shape index (κ2) is 5.92. The maximum atomic E-state index is 11.9. The maximum Gasteiger partial charge on any atom is 0.126 e. The van der Waals surface area contributed by atoms with Crippen LogP contribution in [0.4, 0.5) is 8.78 Å². The van der Waals surface area contributed by atoms with E-state index in [0.29, 0.717) is 0 Å². The molecule has 0 aliphatic carbocycles. The van der Waals surface area contributed by atoms with Gasteiger partial charge >= 0.3 is 0 Å². The van der Waals surface area contributed by atoms with Crippen LogP contribution in [0.1, 0.15) is 0 Å². The monoisotopic (exact) mass is 240 g/mol. The minimum atomic E-state index is -0.593. The predicted octanol–water partition coefficient (Wildman–Crippen LogP) is 4.40. The van der Waals surface area contributed by atoms with Crippen molar-refractivity contribution in [2.75, 3.05) is 0 Å². The molecule has 0 N–H and O–H groups in total. The fraction of sp³-hybridized carbons (Fsp3) is 0. The van der Waals surface area contributed by atoms with Crippen molar-refractivity contribution in [1.29, 1.82) is 0 Å². The molecule has 88 valence electrons. The Balaban J connectivity index is 0.000000138. The van der Waals surface area contributed by atoms with Gasteiger partial charge in [-0.15, -0.1) is 0 Å². The quantitative estimate of drug-likeness (QED) is 0.546. The van der Waals surface area contributed by atoms with Gasteiger partial charge in [0, 0.05) is 6.07 Å². The van der Waals surface area contributed by atoms with E-state index in [-0.39, 0.29) is 0 Å². The van der Waals surface area contributed by atoms with Crippen molar-refractivity contribution in [3.05, 3.63) is 84.4 Å². The summed E-state index contributed by atoms with van der Waals surface area (Å²) < 4.78 is 23.8. The van der Waals surface area contributed by atoms with Gasteiger partial charge < -0.3 is 0 Å². The minimum absolute atomic E-state index is 0.593. The zero-order valence-corrected chi connectivity index (χ0v) is 9.53. The lowest BCUT2D eigenvalue weighted by atomic mass is 10.1. The van der Waals surface area contributed by atoms with E-state index in [9.17, 15) is 8.78 Å². The largest absolute Gasteiger partial charge is 0.207 e. The van der Waals surface area contributed by atoms with Crippen molar-refractivity contribution in [2.24, 2.45) is 0 Å². The summed E-state index contributed by atoms with van der Waals surface area (Å²) in [4.78, 5) is 0. The van der Waals surface area contributed by atoms with Gasteiger partial charge in [0.15, 0.2) is 0 Å². The van der Waals surface area contributed by atoms with Crippen LogP contribution in [0.5, 0.6) is 0 Å². The van der Waals surface area contributed by atoms with Crippen LogP contribution in [0.25, 0.3) is 10.8 Å². The van der Waals surface area contributed by atoms with Gasteiger partial charge in [-0.3, -0.25) is 0 Å². The van der Waals surface area contributed by atoms with Crippen LogP contribution in [0.3, 0.4) is 0 Å². The molecular formula is C16H10F2. The summed E-state index contributed by atoms with van der Waals surface area (Å²) in [5.74, 6) is -1.19. The van der Waals surface area contributed by atoms with Crippen LogP contribution in [-0.2, 0) is 0 Å². The molecule has 0 aliphatic heterocycles. The molecule has 0 saturated heterocycles. The minimum Gasteiger partial charge on any atom is -0.207 e. The van der Waals surface area contributed by atoms with Crippen molar-refractivity contribution in [1.82, 2.24) is 0 Å². The van der Waals surface area contributed by atoms with Crippen LogP contribution in [0.15, 0.2) is 60.7 Å². The van der Waals surface area contributed by atoms with Crippen molar-refractivity contribution >= 4 is 10.8 Å². The van der Waals surface area contributed by atoms with Crippen molar-refractivity contribution in [3.63, 3.8) is 0 Å². The Bertz CT molecular complexity index is 550. The lowest BCUT2D eigenvalue weighted by molar-refractivity contribution is 0.583. The van der Waals surface area contributed by atoms with E-state index in [1.807, 2.05) is 24.3 Å². The van der Waals surface area contributed by atoms with Crippen molar-refractivity contribution < 1.29 is 8.78 Å². The Labute approximate surface area is 105 Å². The fourth-order valence-electron chi connectivity index (χ4n) is 1.48. The third-order valence-corrected chi connectivity index (χ3v) is 2.29. The molecule has 3 rings (SSSR count). The van der Waals surface area contributed by atoms with Crippen LogP contribution in [-0.4, -0.2) is 0 Å². The topological polar surface area (TPSA) is 0 Å². The van der Waals surface area contributed by atoms with Crippen LogP contribution in [0, 0.1) is 23.8 Å². The molecule has 0 amide bonds. The fourth-order valence-corrected chi connectivity index (χ4v) is 1.48. The highest BCUT2D eigenvalue weighted by atomic mass is 19.1. The number of benzene rings is 3. The standard InChI is InChI=1S/C10H7.C6H3F2/c1-2-6-10-8-4-3-7-9(10)5-1;7-5-2-1-3-6(8)4-5/h1-7H;2-4H. The summed E-state index contributed by atoms with van der Waals surface area (Å²) in [5, 5.41) is 2.44. The van der Waals surface area contributed by atoms with Crippen LogP contribution < -0.4 is 0 Å². The van der Waals surface area contributed by atoms with E-state index in [0.717, 1.165) is 18.2 Å². The summed E-state index contributed by atoms with van der Waals surface area (Å²) >= 11 is 0. The molecule has 0 atom stereocenters. The molecule has 0 heterocycles. The summed E-state index contributed by atoms with van der Waals surface area (Å²) in [7, 11) is 0. The Morgan fingerprint density at radius 1 is 0.833 bits per heavy atom. The first-order chi connectivity index (χ1) is 8.75. The van der Waals surface area contributed by atoms with Crippen molar-refractivity contribution in [2.45, 2.75) is 0 Å². The molecule has 2 radical (unpaired) electrons. The second-order valence-electron chi connectivity index (χ2n) is 3.63. The van der Waals surface area contributed by atoms with Gasteiger partial charge in [-0.05, 0) is 35.0 Å². The first kappa shape index (κ1) is 12.2. The SMILES string of the molecule is Fc1c[c]cc(F)c1.[c]1cccc2ccccc12. The highest BCUT2D eigenvalue weighted by molar-refractivity contribution is 5.81. The summed E-state index contributed by atoms with van der Waals surface area (Å²) in [6, 6.07) is 22.6. The first-order valence-corrected chi connectivity index (χ1v) is 5.43. The number of hydrogen-bond donors (Lipinski definition) is 0. The zero-order chi connectivity index (χ0) is 12.8. The van der Waals surface area contributed by atoms with Gasteiger partial charge in [0.2, 0.25) is 0 Å². The lowest BCUT2D eigenvalue weighted by Crippen LogP contribution is -1.74. The maximum absolute atomic E-state index is 11.9. The highest BCUT2D eigenvalue weighted by Gasteiger charge is 1.88. The average molecular weight is 240 g/mol. The molecule has 0 nitrogen and oxygen atoms in total. The van der Waals surface area contributed by atoms with E-state index in [2.05, 4.69) is 30.3 Å². The molecule has 0 bridgehead atoms. The number of rotatable bonds is 0. The van der Waals surface area contributed by atoms with Gasteiger partial charge in [0.1, 0.15) is 11.6 Å². The van der Waals surface area contributed by atoms with Gasteiger partial charge in [0.25, 0.3) is 0 Å². The Hall–Kier alpha value is -2.22. The molecule has 0 saturated carbocycles. The van der Waals surface area contributed by atoms with E-state index in [1.165, 1.54) is 10.8 Å². The molecule has 0 aromatic heterocycles. The molecule has 2 heteroatoms. The second-order valence-corrected chi connectivity index (χ2v) is 3.63. The lowest BCUT2D eigenvalue weighted by Gasteiger charge is -1.91. The Morgan fingerprint density at radius 2 is 1.50 bits per heavy atom. The van der Waals surface area contributed by atoms with Gasteiger partial charge in [-0.2, -0.15) is 0 Å². The smallest absolute Gasteiger partial charge is 0.126 e. The van der Waals surface area contributed by atoms with Crippen LogP contribution in [0.2, 0.25) is 0 Å². The molecule has 3 aromatic carbocycles. The molecule has 18 heavy (non-hydrogen) atoms. The number of halogens is 2. The molecule has 3 aromatic rings. The van der Waals surface area contributed by atoms with Gasteiger partial charge in [-0.1, -0.05) is 42.5 Å². The van der Waals surface area contributed by atoms with E-state index < -0.39 is 11.6 Å². The Kier molecular flexibility index (Phi) is 4.02. The average Bonchev–Trinajstić information content (AvgIpc) is 2.39. The third kappa shape index (κ3) is 3.39. The summed E-state index contributed by atoms with van der Waals surface area (Å²) in [6.07, 6.45) is 0. The highest BCUT2D eigenvalue weighted by Crippen LogP contribution is 2.10. The number of hydrogen-bond acceptors (Lipinski definition) is 0. The molecule has 0 unspecified atom stereocenters. The molecule has 0 spiro atoms. The zero-order valence-electron chi connectivity index (χ0n) is 9.53. The van der Waals surface area contributed by atoms with Crippen LogP contribution >= 0.6 is 0 Å². The first-order valence-electron chi connectivity index (χ1n) is 5.43. The van der Waals surface area contributed by atoms with Gasteiger partial charge in [0.05, 0.1) is 0 Å². The number of fused-ring (bicyclic) bond motifs is 1. The predicted molar refractivity (Wildman–Crippen MR) is 68.0 cm³/mol. The van der Waals surface area contributed by atoms with Gasteiger partial charge in [-0.25, -0.2) is 8.78 Å². The van der Waals surface area contributed by atoms with E-state index in [1.54, 1.807) is 0 Å². The van der Waals surface area contributed by atoms with E-state index >= 15 is 0 Å². The summed E-state index contributed by atoms with van der Waals surface area (Å²) in [6.45, 7) is 0. The Morgan fingerprint density at radius 3 is 2.11 bits per heavy atom. The van der Waals surface area contributed by atoms with E-state index in [4.69, 9.17) is 0 Å². The molecule has 0 aliphatic rings.